The Hall–Kier alpha value is -2.49. The maximum atomic E-state index is 12.3. The van der Waals surface area contributed by atoms with Gasteiger partial charge in [-0.3, -0.25) is 4.79 Å². The van der Waals surface area contributed by atoms with E-state index in [1.165, 1.54) is 11.1 Å². The summed E-state index contributed by atoms with van der Waals surface area (Å²) in [7, 11) is 0. The number of carbonyl (C=O) groups is 1. The van der Waals surface area contributed by atoms with E-state index in [-0.39, 0.29) is 5.91 Å². The highest BCUT2D eigenvalue weighted by Crippen LogP contribution is 2.24. The quantitative estimate of drug-likeness (QED) is 0.661. The molecule has 1 amide bonds. The molecule has 0 bridgehead atoms. The summed E-state index contributed by atoms with van der Waals surface area (Å²) < 4.78 is 11.5. The van der Waals surface area contributed by atoms with Crippen molar-refractivity contribution in [2.75, 3.05) is 13.2 Å². The summed E-state index contributed by atoms with van der Waals surface area (Å²) in [4.78, 5) is 12.3. The number of ether oxygens (including phenoxy) is 2. The van der Waals surface area contributed by atoms with Crippen LogP contribution in [0.2, 0.25) is 0 Å². The molecule has 0 fully saturated rings. The minimum Gasteiger partial charge on any atom is -0.494 e. The molecule has 0 aliphatic heterocycles. The largest absolute Gasteiger partial charge is 0.494 e. The van der Waals surface area contributed by atoms with Gasteiger partial charge in [-0.1, -0.05) is 24.3 Å². The number of nitrogens with one attached hydrogen (secondary N) is 1. The van der Waals surface area contributed by atoms with Crippen LogP contribution in [0.15, 0.2) is 36.4 Å². The molecule has 1 atom stereocenters. The first kappa shape index (κ1) is 20.8. The van der Waals surface area contributed by atoms with Gasteiger partial charge < -0.3 is 14.8 Å². The normalized spacial score (nSPS) is 11.7. The van der Waals surface area contributed by atoms with Crippen LogP contribution in [0.3, 0.4) is 0 Å². The van der Waals surface area contributed by atoms with Crippen molar-refractivity contribution < 1.29 is 14.3 Å². The zero-order valence-corrected chi connectivity index (χ0v) is 17.1. The van der Waals surface area contributed by atoms with Gasteiger partial charge >= 0.3 is 0 Å². The van der Waals surface area contributed by atoms with E-state index >= 15 is 0 Å². The Morgan fingerprint density at radius 1 is 1.11 bits per heavy atom. The van der Waals surface area contributed by atoms with Crippen molar-refractivity contribution in [2.24, 2.45) is 0 Å². The molecule has 1 N–H and O–H groups in total. The highest BCUT2D eigenvalue weighted by molar-refractivity contribution is 5.80. The first-order valence-electron chi connectivity index (χ1n) is 9.65. The zero-order valence-electron chi connectivity index (χ0n) is 17.1. The minimum absolute atomic E-state index is 0.0911. The van der Waals surface area contributed by atoms with Gasteiger partial charge in [0.15, 0.2) is 6.10 Å². The van der Waals surface area contributed by atoms with E-state index in [1.807, 2.05) is 45.0 Å². The van der Waals surface area contributed by atoms with Gasteiger partial charge in [0.1, 0.15) is 11.5 Å². The second-order valence-electron chi connectivity index (χ2n) is 6.90. The van der Waals surface area contributed by atoms with Gasteiger partial charge in [-0.15, -0.1) is 0 Å². The summed E-state index contributed by atoms with van der Waals surface area (Å²) in [5.41, 5.74) is 4.55. The Balaban J connectivity index is 1.82. The molecule has 2 aromatic carbocycles. The SMILES string of the molecule is CCOc1ccccc1CCCNC(=O)C(C)Oc1cc(C)cc(C)c1C. The molecule has 0 saturated heterocycles. The van der Waals surface area contributed by atoms with Crippen LogP contribution in [0, 0.1) is 20.8 Å². The topological polar surface area (TPSA) is 47.6 Å². The fraction of sp³-hybridized carbons (Fsp3) is 0.435. The molecule has 0 saturated carbocycles. The summed E-state index contributed by atoms with van der Waals surface area (Å²) in [6.45, 7) is 11.1. The monoisotopic (exact) mass is 369 g/mol. The molecule has 0 spiro atoms. The summed E-state index contributed by atoms with van der Waals surface area (Å²) >= 11 is 0. The third-order valence-corrected chi connectivity index (χ3v) is 4.63. The maximum absolute atomic E-state index is 12.3. The molecule has 1 unspecified atom stereocenters. The van der Waals surface area contributed by atoms with Crippen molar-refractivity contribution in [1.29, 1.82) is 0 Å². The summed E-state index contributed by atoms with van der Waals surface area (Å²) in [5.74, 6) is 1.61. The van der Waals surface area contributed by atoms with Crippen molar-refractivity contribution >= 4 is 5.91 Å². The average molecular weight is 370 g/mol. The maximum Gasteiger partial charge on any atom is 0.260 e. The van der Waals surface area contributed by atoms with Crippen LogP contribution in [0.5, 0.6) is 11.5 Å². The molecule has 0 aromatic heterocycles. The molecule has 4 nitrogen and oxygen atoms in total. The lowest BCUT2D eigenvalue weighted by Crippen LogP contribution is -2.37. The number of benzene rings is 2. The molecular weight excluding hydrogens is 338 g/mol. The van der Waals surface area contributed by atoms with Gasteiger partial charge in [0.05, 0.1) is 6.61 Å². The summed E-state index contributed by atoms with van der Waals surface area (Å²) in [6.07, 6.45) is 1.19. The molecule has 146 valence electrons. The number of para-hydroxylation sites is 1. The zero-order chi connectivity index (χ0) is 19.8. The highest BCUT2D eigenvalue weighted by Gasteiger charge is 2.16. The van der Waals surface area contributed by atoms with Gasteiger partial charge in [0.2, 0.25) is 0 Å². The van der Waals surface area contributed by atoms with Gasteiger partial charge in [-0.05, 0) is 81.8 Å². The van der Waals surface area contributed by atoms with E-state index in [9.17, 15) is 4.79 Å². The number of carbonyl (C=O) groups excluding carboxylic acids is 1. The molecule has 0 aliphatic rings. The van der Waals surface area contributed by atoms with E-state index < -0.39 is 6.10 Å². The van der Waals surface area contributed by atoms with Gasteiger partial charge in [-0.25, -0.2) is 0 Å². The van der Waals surface area contributed by atoms with Crippen LogP contribution in [0.1, 0.15) is 42.5 Å². The Bertz CT molecular complexity index is 770. The van der Waals surface area contributed by atoms with E-state index in [4.69, 9.17) is 9.47 Å². The Morgan fingerprint density at radius 3 is 2.59 bits per heavy atom. The Morgan fingerprint density at radius 2 is 1.85 bits per heavy atom. The Labute approximate surface area is 162 Å². The number of amides is 1. The van der Waals surface area contributed by atoms with Crippen molar-refractivity contribution in [3.8, 4) is 11.5 Å². The van der Waals surface area contributed by atoms with Crippen molar-refractivity contribution in [1.82, 2.24) is 5.32 Å². The first-order valence-corrected chi connectivity index (χ1v) is 9.65. The minimum atomic E-state index is -0.527. The lowest BCUT2D eigenvalue weighted by molar-refractivity contribution is -0.127. The lowest BCUT2D eigenvalue weighted by atomic mass is 10.1. The number of hydrogen-bond acceptors (Lipinski definition) is 3. The summed E-state index contributed by atoms with van der Waals surface area (Å²) in [6, 6.07) is 12.1. The fourth-order valence-electron chi connectivity index (χ4n) is 3.01. The smallest absolute Gasteiger partial charge is 0.260 e. The highest BCUT2D eigenvalue weighted by atomic mass is 16.5. The molecule has 27 heavy (non-hydrogen) atoms. The second kappa shape index (κ2) is 10.0. The number of rotatable bonds is 9. The van der Waals surface area contributed by atoms with Crippen molar-refractivity contribution in [3.63, 3.8) is 0 Å². The van der Waals surface area contributed by atoms with Gasteiger partial charge in [0, 0.05) is 6.54 Å². The van der Waals surface area contributed by atoms with E-state index in [1.54, 1.807) is 6.92 Å². The number of aryl methyl sites for hydroxylation is 3. The molecule has 2 rings (SSSR count). The van der Waals surface area contributed by atoms with Gasteiger partial charge in [0.25, 0.3) is 5.91 Å². The molecule has 4 heteroatoms. The molecule has 2 aromatic rings. The van der Waals surface area contributed by atoms with E-state index in [2.05, 4.69) is 24.4 Å². The molecule has 0 heterocycles. The predicted octanol–water partition coefficient (Wildman–Crippen LogP) is 4.53. The molecule has 0 radical (unpaired) electrons. The predicted molar refractivity (Wildman–Crippen MR) is 110 cm³/mol. The molecule has 0 aliphatic carbocycles. The van der Waals surface area contributed by atoms with E-state index in [0.29, 0.717) is 13.2 Å². The fourth-order valence-corrected chi connectivity index (χ4v) is 3.01. The van der Waals surface area contributed by atoms with Crippen LogP contribution in [-0.2, 0) is 11.2 Å². The Kier molecular flexibility index (Phi) is 7.71. The second-order valence-corrected chi connectivity index (χ2v) is 6.90. The lowest BCUT2D eigenvalue weighted by Gasteiger charge is -2.18. The van der Waals surface area contributed by atoms with E-state index in [0.717, 1.165) is 35.5 Å². The van der Waals surface area contributed by atoms with Crippen LogP contribution < -0.4 is 14.8 Å². The standard InChI is InChI=1S/C23H31NO3/c1-6-26-21-12-8-7-10-20(21)11-9-13-24-23(25)19(5)27-22-15-16(2)14-17(3)18(22)4/h7-8,10,12,14-15,19H,6,9,11,13H2,1-5H3,(H,24,25). The molecular formula is C23H31NO3. The third-order valence-electron chi connectivity index (χ3n) is 4.63. The van der Waals surface area contributed by atoms with Crippen LogP contribution in [0.4, 0.5) is 0 Å². The van der Waals surface area contributed by atoms with Crippen LogP contribution in [-0.4, -0.2) is 25.2 Å². The summed E-state index contributed by atoms with van der Waals surface area (Å²) in [5, 5.41) is 2.97. The van der Waals surface area contributed by atoms with Crippen molar-refractivity contribution in [3.05, 3.63) is 58.7 Å². The first-order chi connectivity index (χ1) is 12.9. The number of hydrogen-bond donors (Lipinski definition) is 1. The van der Waals surface area contributed by atoms with Crippen molar-refractivity contribution in [2.45, 2.75) is 53.6 Å². The average Bonchev–Trinajstić information content (AvgIpc) is 2.64. The van der Waals surface area contributed by atoms with Crippen LogP contribution >= 0.6 is 0 Å². The van der Waals surface area contributed by atoms with Gasteiger partial charge in [-0.2, -0.15) is 0 Å². The van der Waals surface area contributed by atoms with Crippen LogP contribution in [0.25, 0.3) is 0 Å². The third kappa shape index (κ3) is 6.02.